The van der Waals surface area contributed by atoms with E-state index in [1.54, 1.807) is 48.5 Å². The van der Waals surface area contributed by atoms with Crippen LogP contribution < -0.4 is 9.80 Å². The lowest BCUT2D eigenvalue weighted by molar-refractivity contribution is -0.132. The Kier molecular flexibility index (Phi) is 6.75. The molecule has 2 N–H and O–H groups in total. The number of nitrogens with zero attached hydrogens (tertiary/aromatic N) is 2. The highest BCUT2D eigenvalue weighted by atomic mass is 79.9. The molecule has 3 aromatic rings. The van der Waals surface area contributed by atoms with Crippen LogP contribution in [-0.4, -0.2) is 35.0 Å². The highest BCUT2D eigenvalue weighted by Crippen LogP contribution is 2.43. The van der Waals surface area contributed by atoms with Crippen molar-refractivity contribution < 1.29 is 19.8 Å². The second-order valence-corrected chi connectivity index (χ2v) is 8.88. The minimum absolute atomic E-state index is 0.00334. The summed E-state index contributed by atoms with van der Waals surface area (Å²) in [6.07, 6.45) is 0. The van der Waals surface area contributed by atoms with Gasteiger partial charge in [0.1, 0.15) is 11.5 Å². The maximum absolute atomic E-state index is 13.3. The Morgan fingerprint density at radius 1 is 0.971 bits per heavy atom. The first-order valence-corrected chi connectivity index (χ1v) is 11.9. The van der Waals surface area contributed by atoms with Crippen molar-refractivity contribution in [1.82, 2.24) is 0 Å². The Morgan fingerprint density at radius 3 is 2.21 bits per heavy atom. The molecule has 174 valence electrons. The van der Waals surface area contributed by atoms with Gasteiger partial charge in [-0.1, -0.05) is 40.2 Å². The van der Waals surface area contributed by atoms with Crippen LogP contribution in [0.1, 0.15) is 31.0 Å². The SMILES string of the molecule is CCN(CC)c1ccc(N2C(=O)C(=O)/C(=C(\O)c3ccc(Br)cc3)C2c2cccc(O)c2)cc1. The molecule has 34 heavy (non-hydrogen) atoms. The smallest absolute Gasteiger partial charge is 0.300 e. The molecule has 7 heteroatoms. The molecule has 0 bridgehead atoms. The topological polar surface area (TPSA) is 81.1 Å². The molecule has 0 aromatic heterocycles. The van der Waals surface area contributed by atoms with E-state index in [0.29, 0.717) is 16.8 Å². The van der Waals surface area contributed by atoms with Gasteiger partial charge in [0.2, 0.25) is 0 Å². The van der Waals surface area contributed by atoms with Crippen molar-refractivity contribution in [2.24, 2.45) is 0 Å². The summed E-state index contributed by atoms with van der Waals surface area (Å²) in [4.78, 5) is 30.0. The van der Waals surface area contributed by atoms with Crippen LogP contribution in [0.4, 0.5) is 11.4 Å². The predicted octanol–water partition coefficient (Wildman–Crippen LogP) is 5.63. The van der Waals surface area contributed by atoms with Crippen LogP contribution in [0, 0.1) is 0 Å². The third-order valence-corrected chi connectivity index (χ3v) is 6.53. The van der Waals surface area contributed by atoms with Crippen molar-refractivity contribution in [1.29, 1.82) is 0 Å². The van der Waals surface area contributed by atoms with Gasteiger partial charge in [-0.2, -0.15) is 0 Å². The zero-order valence-electron chi connectivity index (χ0n) is 18.9. The molecule has 1 aliphatic rings. The number of rotatable bonds is 6. The largest absolute Gasteiger partial charge is 0.508 e. The second kappa shape index (κ2) is 9.73. The van der Waals surface area contributed by atoms with Crippen LogP contribution in [0.25, 0.3) is 5.76 Å². The van der Waals surface area contributed by atoms with Gasteiger partial charge in [0.15, 0.2) is 0 Å². The van der Waals surface area contributed by atoms with E-state index in [1.165, 1.54) is 17.0 Å². The number of aromatic hydroxyl groups is 1. The van der Waals surface area contributed by atoms with E-state index < -0.39 is 17.7 Å². The van der Waals surface area contributed by atoms with Crippen molar-refractivity contribution in [2.75, 3.05) is 22.9 Å². The third-order valence-electron chi connectivity index (χ3n) is 6.00. The monoisotopic (exact) mass is 520 g/mol. The number of anilines is 2. The zero-order valence-corrected chi connectivity index (χ0v) is 20.5. The van der Waals surface area contributed by atoms with Gasteiger partial charge in [0.05, 0.1) is 11.6 Å². The fourth-order valence-corrected chi connectivity index (χ4v) is 4.55. The molecule has 0 radical (unpaired) electrons. The van der Waals surface area contributed by atoms with Crippen LogP contribution in [0.2, 0.25) is 0 Å². The van der Waals surface area contributed by atoms with Crippen molar-refractivity contribution in [2.45, 2.75) is 19.9 Å². The third kappa shape index (κ3) is 4.31. The van der Waals surface area contributed by atoms with E-state index in [-0.39, 0.29) is 17.1 Å². The second-order valence-electron chi connectivity index (χ2n) is 7.96. The molecule has 1 aliphatic heterocycles. The van der Waals surface area contributed by atoms with Crippen LogP contribution in [-0.2, 0) is 9.59 Å². The Labute approximate surface area is 206 Å². The van der Waals surface area contributed by atoms with Crippen LogP contribution in [0.3, 0.4) is 0 Å². The fraction of sp³-hybridized carbons (Fsp3) is 0.185. The van der Waals surface area contributed by atoms with Gasteiger partial charge in [0, 0.05) is 34.5 Å². The first kappa shape index (κ1) is 23.6. The highest BCUT2D eigenvalue weighted by molar-refractivity contribution is 9.10. The van der Waals surface area contributed by atoms with Crippen molar-refractivity contribution >= 4 is 44.8 Å². The Hall–Kier alpha value is -3.58. The quantitative estimate of drug-likeness (QED) is 0.250. The van der Waals surface area contributed by atoms with Gasteiger partial charge in [0.25, 0.3) is 11.7 Å². The normalized spacial score (nSPS) is 17.3. The molecule has 1 heterocycles. The molecule has 3 aromatic carbocycles. The summed E-state index contributed by atoms with van der Waals surface area (Å²) in [5.74, 6) is -1.77. The van der Waals surface area contributed by atoms with Gasteiger partial charge < -0.3 is 15.1 Å². The number of amides is 1. The average Bonchev–Trinajstić information content (AvgIpc) is 3.11. The van der Waals surface area contributed by atoms with Gasteiger partial charge in [-0.15, -0.1) is 0 Å². The lowest BCUT2D eigenvalue weighted by atomic mass is 9.95. The Balaban J connectivity index is 1.87. The minimum atomic E-state index is -0.893. The number of phenols is 1. The fourth-order valence-electron chi connectivity index (χ4n) is 4.29. The zero-order chi connectivity index (χ0) is 24.4. The summed E-state index contributed by atoms with van der Waals surface area (Å²) in [6, 6.07) is 19.8. The average molecular weight is 521 g/mol. The molecule has 6 nitrogen and oxygen atoms in total. The van der Waals surface area contributed by atoms with Crippen molar-refractivity contribution in [3.05, 3.63) is 94.0 Å². The molecule has 0 aliphatic carbocycles. The van der Waals surface area contributed by atoms with E-state index in [4.69, 9.17) is 0 Å². The summed E-state index contributed by atoms with van der Waals surface area (Å²) in [5.41, 5.74) is 2.45. The molecular formula is C27H25BrN2O4. The number of benzene rings is 3. The number of phenolic OH excluding ortho intramolecular Hbond substituents is 1. The number of ketones is 1. The van der Waals surface area contributed by atoms with Crippen molar-refractivity contribution in [3.8, 4) is 5.75 Å². The lowest BCUT2D eigenvalue weighted by Crippen LogP contribution is -2.29. The Bertz CT molecular complexity index is 1250. The number of aliphatic hydroxyl groups is 1. The van der Waals surface area contributed by atoms with E-state index in [1.807, 2.05) is 12.1 Å². The predicted molar refractivity (Wildman–Crippen MR) is 137 cm³/mol. The number of Topliss-reactive ketones (excluding diaryl/α,β-unsaturated/α-hetero) is 1. The highest BCUT2D eigenvalue weighted by Gasteiger charge is 2.47. The summed E-state index contributed by atoms with van der Waals surface area (Å²) in [6.45, 7) is 5.83. The molecular weight excluding hydrogens is 496 g/mol. The summed E-state index contributed by atoms with van der Waals surface area (Å²) >= 11 is 3.36. The molecule has 1 fully saturated rings. The maximum Gasteiger partial charge on any atom is 0.300 e. The molecule has 1 atom stereocenters. The number of hydrogen-bond donors (Lipinski definition) is 2. The number of carbonyl (C=O) groups is 2. The summed E-state index contributed by atoms with van der Waals surface area (Å²) < 4.78 is 0.822. The Morgan fingerprint density at radius 2 is 1.62 bits per heavy atom. The number of carbonyl (C=O) groups excluding carboxylic acids is 2. The van der Waals surface area contributed by atoms with Gasteiger partial charge in [-0.25, -0.2) is 0 Å². The number of aliphatic hydroxyl groups excluding tert-OH is 1. The maximum atomic E-state index is 13.3. The van der Waals surface area contributed by atoms with Gasteiger partial charge >= 0.3 is 0 Å². The molecule has 1 amide bonds. The van der Waals surface area contributed by atoms with Gasteiger partial charge in [-0.3, -0.25) is 14.5 Å². The molecule has 0 saturated carbocycles. The van der Waals surface area contributed by atoms with E-state index in [2.05, 4.69) is 34.7 Å². The van der Waals surface area contributed by atoms with E-state index in [0.717, 1.165) is 23.2 Å². The first-order valence-electron chi connectivity index (χ1n) is 11.1. The van der Waals surface area contributed by atoms with Crippen LogP contribution in [0.15, 0.2) is 82.8 Å². The molecule has 1 unspecified atom stereocenters. The summed E-state index contributed by atoms with van der Waals surface area (Å²) in [5, 5.41) is 21.2. The standard InChI is InChI=1S/C27H25BrN2O4/c1-3-29(4-2)20-12-14-21(15-13-20)30-24(18-6-5-7-22(31)16-18)23(26(33)27(30)34)25(32)17-8-10-19(28)11-9-17/h5-16,24,31-32H,3-4H2,1-2H3/b25-23-. The molecule has 4 rings (SSSR count). The lowest BCUT2D eigenvalue weighted by Gasteiger charge is -2.27. The minimum Gasteiger partial charge on any atom is -0.508 e. The molecule has 0 spiro atoms. The molecule has 1 saturated heterocycles. The van der Waals surface area contributed by atoms with Crippen LogP contribution in [0.5, 0.6) is 5.75 Å². The van der Waals surface area contributed by atoms with E-state index in [9.17, 15) is 19.8 Å². The summed E-state index contributed by atoms with van der Waals surface area (Å²) in [7, 11) is 0. The van der Waals surface area contributed by atoms with Crippen molar-refractivity contribution in [3.63, 3.8) is 0 Å². The number of halogens is 1. The van der Waals surface area contributed by atoms with Crippen LogP contribution >= 0.6 is 15.9 Å². The van der Waals surface area contributed by atoms with Gasteiger partial charge in [-0.05, 0) is 67.9 Å². The first-order chi connectivity index (χ1) is 16.3. The van der Waals surface area contributed by atoms with E-state index >= 15 is 0 Å². The number of hydrogen-bond acceptors (Lipinski definition) is 5.